The standard InChI is InChI=1S/C25H23FN4O4.C24H22F3N3O4.C24H23F2N3O4.C23H22F2N4O4/c26-20-13-30(23(32)14-31)9-6-22(20)34-21-5-4-17(10-18(21)12-27)16-2-1-3-19(11-16)29-24(33)25(15-28)7-8-25;25-19-12-30(22(32)13-31)7-6-21(19)34-20-5-4-15(8-16(20)11-28)14-2-1-3-17(9-14)29-23(33)18-10-24(18,26)27;25-19-10-18(19)24(32)28-17-3-1-2-14(9-17)15-4-5-21(16(8-15)11-27)33-22-6-7-29(12-20(22)26)23(31)13-30;24-23(25)13-29(21(31)12-30)8-6-20(23)33-19-4-3-15(9-16(19)11-26)18-10-17(5-7-27-18)28-22(32)14-1-2-14/h1-5,10-11,20,22,31H,6-9,13-14H2,(H,29,33);1-5,8-9,18-19,21,31H,6-7,10,12-13H2,(H,29,33);1-5,8-9,18-20,22,30H,6-7,10,12-13H2,(H,28,32);3-5,7,9-10,14,20,30H,1-2,6,8,12-13H2,(H,27,28,32)/t20-,22+;18?,19-,21+;18?,19-,20+,22-;20-/m1100/s1. The van der Waals surface area contributed by atoms with E-state index >= 15 is 0 Å². The van der Waals surface area contributed by atoms with E-state index < -0.39 is 147 Å². The first-order chi connectivity index (χ1) is 64.3. The molecule has 8 aromatic rings. The maximum absolute atomic E-state index is 14.6. The van der Waals surface area contributed by atoms with Crippen molar-refractivity contribution in [1.29, 1.82) is 26.3 Å². The second-order valence-corrected chi connectivity index (χ2v) is 33.2. The molecule has 0 spiro atoms. The fourth-order valence-corrected chi connectivity index (χ4v) is 15.4. The summed E-state index contributed by atoms with van der Waals surface area (Å²) in [4.78, 5) is 103. The molecule has 7 aromatic carbocycles. The zero-order valence-electron chi connectivity index (χ0n) is 71.7. The van der Waals surface area contributed by atoms with Gasteiger partial charge in [-0.2, -0.15) is 26.3 Å². The SMILES string of the molecule is N#Cc1cc(-c2cc(NC(=O)C3CC3)ccn2)ccc1O[C@H]1CCN(C(=O)CO)CC1(F)F.N#Cc1cc(-c2cccc(NC(=O)C3(C#N)CC3)c2)ccc1O[C@H]1CCN(C(=O)CO)C[C@H]1F.N#Cc1cc(-c2cccc(NC(=O)C3CC3(F)F)c2)ccc1O[C@H]1CCN(C(=O)CO)C[C@H]1F.N#Cc1cc(-c2cccc(NC(=O)C3C[C@@H]3F)c2)ccc1O[C@H]1CCN(C(=O)CO)C[C@H]1F. The van der Waals surface area contributed by atoms with Gasteiger partial charge in [-0.1, -0.05) is 54.6 Å². The smallest absolute Gasteiger partial charge is 0.301 e. The van der Waals surface area contributed by atoms with Gasteiger partial charge in [-0.05, 0) is 169 Å². The van der Waals surface area contributed by atoms with Gasteiger partial charge in [0.1, 0.15) is 110 Å². The van der Waals surface area contributed by atoms with Crippen molar-refractivity contribution >= 4 is 70.0 Å². The Labute approximate surface area is 762 Å². The Kier molecular flexibility index (Phi) is 30.9. The van der Waals surface area contributed by atoms with Crippen LogP contribution in [-0.4, -0.2) is 232 Å². The van der Waals surface area contributed by atoms with Crippen LogP contribution in [0.1, 0.15) is 86.5 Å². The molecule has 696 valence electrons. The quantitative estimate of drug-likeness (QED) is 0.0260. The van der Waals surface area contributed by atoms with Crippen LogP contribution >= 0.6 is 0 Å². The molecule has 4 saturated carbocycles. The van der Waals surface area contributed by atoms with Crippen LogP contribution < -0.4 is 40.2 Å². The lowest BCUT2D eigenvalue weighted by molar-refractivity contribution is -0.161. The van der Waals surface area contributed by atoms with Gasteiger partial charge in [0.05, 0.1) is 66.1 Å². The monoisotopic (exact) mass is 1850 g/mol. The van der Waals surface area contributed by atoms with Gasteiger partial charge in [0.25, 0.3) is 5.92 Å². The molecule has 0 bridgehead atoms. The van der Waals surface area contributed by atoms with Crippen molar-refractivity contribution in [2.75, 3.05) is 100 Å². The third-order valence-corrected chi connectivity index (χ3v) is 23.7. The molecule has 38 heteroatoms. The minimum absolute atomic E-state index is 0.00560. The van der Waals surface area contributed by atoms with Crippen molar-refractivity contribution in [3.63, 3.8) is 0 Å². The molecule has 8 aliphatic rings. The lowest BCUT2D eigenvalue weighted by atomic mass is 10.0. The first kappa shape index (κ1) is 96.9. The summed E-state index contributed by atoms with van der Waals surface area (Å²) < 4.78 is 135. The van der Waals surface area contributed by atoms with Crippen LogP contribution in [-0.2, 0) is 38.4 Å². The summed E-state index contributed by atoms with van der Waals surface area (Å²) in [5, 5.41) is 94.2. The molecule has 4 saturated heterocycles. The van der Waals surface area contributed by atoms with E-state index in [4.69, 9.17) is 39.4 Å². The number of carbonyl (C=O) groups excluding carboxylic acids is 8. The van der Waals surface area contributed by atoms with E-state index in [0.29, 0.717) is 69.1 Å². The summed E-state index contributed by atoms with van der Waals surface area (Å²) in [7, 11) is 0. The van der Waals surface area contributed by atoms with Crippen LogP contribution in [0.2, 0.25) is 0 Å². The Morgan fingerprint density at radius 2 is 0.769 bits per heavy atom. The fourth-order valence-electron chi connectivity index (χ4n) is 15.4. The van der Waals surface area contributed by atoms with E-state index in [9.17, 15) is 99.8 Å². The number of hydrogen-bond acceptors (Lipinski definition) is 22. The van der Waals surface area contributed by atoms with Gasteiger partial charge in [0.2, 0.25) is 47.3 Å². The van der Waals surface area contributed by atoms with E-state index in [0.717, 1.165) is 28.9 Å². The number of nitriles is 5. The van der Waals surface area contributed by atoms with Crippen LogP contribution in [0.15, 0.2) is 164 Å². The van der Waals surface area contributed by atoms with Crippen molar-refractivity contribution in [3.05, 3.63) is 186 Å². The van der Waals surface area contributed by atoms with Crippen molar-refractivity contribution in [2.24, 2.45) is 23.2 Å². The minimum Gasteiger partial charge on any atom is -0.486 e. The van der Waals surface area contributed by atoms with Crippen LogP contribution in [0, 0.1) is 79.8 Å². The molecule has 30 nitrogen and oxygen atoms in total. The van der Waals surface area contributed by atoms with Gasteiger partial charge in [-0.15, -0.1) is 0 Å². The molecule has 0 radical (unpaired) electrons. The number of anilines is 4. The third kappa shape index (κ3) is 24.2. The van der Waals surface area contributed by atoms with Gasteiger partial charge < -0.3 is 80.2 Å². The van der Waals surface area contributed by atoms with Gasteiger partial charge >= 0.3 is 5.92 Å². The van der Waals surface area contributed by atoms with Crippen molar-refractivity contribution in [3.8, 4) is 98.0 Å². The number of nitrogens with one attached hydrogen (secondary N) is 4. The van der Waals surface area contributed by atoms with Gasteiger partial charge in [-0.25, -0.2) is 35.1 Å². The Morgan fingerprint density at radius 1 is 0.410 bits per heavy atom. The number of hydrogen-bond donors (Lipinski definition) is 8. The highest BCUT2D eigenvalue weighted by atomic mass is 19.3. The van der Waals surface area contributed by atoms with Crippen LogP contribution in [0.5, 0.6) is 23.0 Å². The number of ether oxygens (including phenoxy) is 4. The molecule has 4 aliphatic carbocycles. The maximum atomic E-state index is 14.6. The number of pyridine rings is 1. The van der Waals surface area contributed by atoms with Crippen LogP contribution in [0.25, 0.3) is 44.6 Å². The highest BCUT2D eigenvalue weighted by Crippen LogP contribution is 2.50. The van der Waals surface area contributed by atoms with E-state index in [2.05, 4.69) is 44.5 Å². The van der Waals surface area contributed by atoms with E-state index in [1.54, 1.807) is 133 Å². The van der Waals surface area contributed by atoms with Crippen LogP contribution in [0.4, 0.5) is 57.9 Å². The summed E-state index contributed by atoms with van der Waals surface area (Å²) in [5.74, 6) is -11.3. The predicted molar refractivity (Wildman–Crippen MR) is 465 cm³/mol. The number of aliphatic hydroxyl groups is 4. The molecule has 8 N–H and O–H groups in total. The summed E-state index contributed by atoms with van der Waals surface area (Å²) >= 11 is 0. The Hall–Kier alpha value is -14.6. The van der Waals surface area contributed by atoms with E-state index in [-0.39, 0.29) is 147 Å². The lowest BCUT2D eigenvalue weighted by Crippen LogP contribution is -2.55. The molecule has 4 aliphatic heterocycles. The highest BCUT2D eigenvalue weighted by molar-refractivity contribution is 6.00. The molecule has 2 unspecified atom stereocenters. The third-order valence-electron chi connectivity index (χ3n) is 23.7. The van der Waals surface area contributed by atoms with E-state index in [1.807, 2.05) is 24.3 Å². The molecule has 134 heavy (non-hydrogen) atoms. The summed E-state index contributed by atoms with van der Waals surface area (Å²) in [6.45, 7) is -3.49. The number of aromatic nitrogens is 1. The molecule has 8 fully saturated rings. The number of piperidine rings is 4. The first-order valence-electron chi connectivity index (χ1n) is 42.9. The topological polar surface area (TPSA) is 447 Å². The maximum Gasteiger partial charge on any atom is 0.301 e. The number of likely N-dealkylation sites (tertiary alicyclic amines) is 4. The molecular formula is C96H90F8N14O16. The average molecular weight is 1850 g/mol. The van der Waals surface area contributed by atoms with Crippen molar-refractivity contribution in [1.82, 2.24) is 24.6 Å². The second kappa shape index (κ2) is 42.7. The van der Waals surface area contributed by atoms with Gasteiger partial charge in [0, 0.05) is 98.7 Å². The molecule has 8 amide bonds. The number of carbonyl (C=O) groups is 8. The second-order valence-electron chi connectivity index (χ2n) is 33.2. The zero-order valence-corrected chi connectivity index (χ0v) is 71.7. The number of nitrogens with zero attached hydrogens (tertiary/aromatic N) is 10. The average Bonchev–Trinajstić information content (AvgIpc) is 1.63. The first-order valence-corrected chi connectivity index (χ1v) is 42.9. The molecule has 1 aromatic heterocycles. The molecule has 5 heterocycles. The Balaban J connectivity index is 0.000000152. The number of alkyl halides is 8. The summed E-state index contributed by atoms with van der Waals surface area (Å²) in [5.41, 5.74) is 7.01. The summed E-state index contributed by atoms with van der Waals surface area (Å²) in [6.07, 6.45) is -4.69. The normalized spacial score (nSPS) is 21.8. The number of aliphatic hydroxyl groups excluding tert-OH is 4. The minimum atomic E-state index is -3.34. The van der Waals surface area contributed by atoms with Gasteiger partial charge in [-0.3, -0.25) is 43.3 Å². The Morgan fingerprint density at radius 3 is 1.13 bits per heavy atom. The number of rotatable bonds is 24. The lowest BCUT2D eigenvalue weighted by Gasteiger charge is -2.38. The predicted octanol–water partition coefficient (Wildman–Crippen LogP) is 11.3. The largest absolute Gasteiger partial charge is 0.486 e. The number of halogens is 8. The van der Waals surface area contributed by atoms with Gasteiger partial charge in [0.15, 0.2) is 24.6 Å². The van der Waals surface area contributed by atoms with Crippen molar-refractivity contribution in [2.45, 2.75) is 125 Å². The van der Waals surface area contributed by atoms with Crippen molar-refractivity contribution < 1.29 is 113 Å². The highest BCUT2D eigenvalue weighted by Gasteiger charge is 2.61. The molecular weight excluding hydrogens is 1760 g/mol. The van der Waals surface area contributed by atoms with Crippen LogP contribution in [0.3, 0.4) is 0 Å². The number of amides is 8. The fraction of sp³-hybridized carbons (Fsp3) is 0.375. The molecule has 16 rings (SSSR count). The number of benzene rings is 7. The molecule has 10 atom stereocenters. The zero-order chi connectivity index (χ0) is 95.9. The Bertz CT molecular complexity index is 5990. The summed E-state index contributed by atoms with van der Waals surface area (Å²) in [6, 6.07) is 53.4. The van der Waals surface area contributed by atoms with E-state index in [1.165, 1.54) is 33.0 Å².